The fourth-order valence-corrected chi connectivity index (χ4v) is 5.95. The van der Waals surface area contributed by atoms with Crippen LogP contribution in [0.5, 0.6) is 0 Å². The first-order valence-electron chi connectivity index (χ1n) is 11.5. The van der Waals surface area contributed by atoms with E-state index in [-0.39, 0.29) is 11.6 Å². The zero-order chi connectivity index (χ0) is 23.8. The van der Waals surface area contributed by atoms with Crippen molar-refractivity contribution in [3.63, 3.8) is 0 Å². The summed E-state index contributed by atoms with van der Waals surface area (Å²) >= 11 is 0. The van der Waals surface area contributed by atoms with Gasteiger partial charge in [-0.3, -0.25) is 4.79 Å². The number of carbonyl (C=O) groups excluding carboxylic acids is 1. The molecule has 2 aliphatic heterocycles. The summed E-state index contributed by atoms with van der Waals surface area (Å²) in [5.74, 6) is 0. The molecule has 33 heavy (non-hydrogen) atoms. The minimum Gasteiger partial charge on any atom is -0.462 e. The highest BCUT2D eigenvalue weighted by atomic mass is 32.2. The zero-order valence-electron chi connectivity index (χ0n) is 19.7. The van der Waals surface area contributed by atoms with Crippen LogP contribution < -0.4 is 0 Å². The standard InChI is InChI=1S/C21H22N2O2S.C5H10O2/c1-22(16-9-3-2-4-10-16)26(24,25)17-11-7-8-15(14-17)20-21-18-12-5-6-13-19(18)23(20)21;1-5(2,3)7-4-6/h5-8,11-14,16H,2-4,9-10H2,1H3;4H,1-3H3. The maximum atomic E-state index is 13.1. The second-order valence-corrected chi connectivity index (χ2v) is 11.7. The summed E-state index contributed by atoms with van der Waals surface area (Å²) in [5.41, 5.74) is 4.25. The van der Waals surface area contributed by atoms with Crippen molar-refractivity contribution >= 4 is 27.4 Å². The largest absolute Gasteiger partial charge is 0.462 e. The second kappa shape index (κ2) is 8.95. The Balaban J connectivity index is 0.000000325. The molecule has 0 spiro atoms. The number of hydrogen-bond acceptors (Lipinski definition) is 4. The molecule has 0 unspecified atom stereocenters. The van der Waals surface area contributed by atoms with Gasteiger partial charge < -0.3 is 9.30 Å². The quantitative estimate of drug-likeness (QED) is 0.362. The average molecular weight is 469 g/mol. The van der Waals surface area contributed by atoms with E-state index in [4.69, 9.17) is 0 Å². The van der Waals surface area contributed by atoms with Gasteiger partial charge in [-0.15, -0.1) is 0 Å². The van der Waals surface area contributed by atoms with E-state index in [1.807, 2.05) is 51.1 Å². The summed E-state index contributed by atoms with van der Waals surface area (Å²) in [4.78, 5) is 9.99. The Morgan fingerprint density at radius 3 is 2.33 bits per heavy atom. The van der Waals surface area contributed by atoms with Gasteiger partial charge in [0.2, 0.25) is 10.0 Å². The Morgan fingerprint density at radius 2 is 1.73 bits per heavy atom. The van der Waals surface area contributed by atoms with Gasteiger partial charge in [-0.2, -0.15) is 4.31 Å². The van der Waals surface area contributed by atoms with Crippen molar-refractivity contribution in [3.05, 3.63) is 48.5 Å². The van der Waals surface area contributed by atoms with Gasteiger partial charge in [-0.25, -0.2) is 8.42 Å². The maximum absolute atomic E-state index is 13.1. The van der Waals surface area contributed by atoms with Crippen molar-refractivity contribution in [2.45, 2.75) is 69.4 Å². The first-order valence-corrected chi connectivity index (χ1v) is 12.9. The van der Waals surface area contributed by atoms with Crippen LogP contribution in [0.2, 0.25) is 0 Å². The summed E-state index contributed by atoms with van der Waals surface area (Å²) in [5, 5.41) is 1.26. The van der Waals surface area contributed by atoms with E-state index in [1.54, 1.807) is 17.4 Å². The van der Waals surface area contributed by atoms with Crippen LogP contribution in [0.1, 0.15) is 52.9 Å². The third-order valence-corrected chi connectivity index (χ3v) is 8.20. The van der Waals surface area contributed by atoms with Gasteiger partial charge in [0, 0.05) is 24.0 Å². The highest BCUT2D eigenvalue weighted by Crippen LogP contribution is 2.51. The Kier molecular flexibility index (Phi) is 6.38. The number of para-hydroxylation sites is 1. The van der Waals surface area contributed by atoms with Crippen molar-refractivity contribution < 1.29 is 17.9 Å². The zero-order valence-corrected chi connectivity index (χ0v) is 20.6. The lowest BCUT2D eigenvalue weighted by molar-refractivity contribution is -0.138. The Morgan fingerprint density at radius 1 is 1.03 bits per heavy atom. The molecule has 7 heteroatoms. The number of carbonyl (C=O) groups is 1. The van der Waals surface area contributed by atoms with E-state index >= 15 is 0 Å². The molecule has 0 radical (unpaired) electrons. The first-order chi connectivity index (χ1) is 15.6. The van der Waals surface area contributed by atoms with E-state index in [1.165, 1.54) is 23.0 Å². The van der Waals surface area contributed by atoms with Crippen LogP contribution in [0, 0.1) is 0 Å². The first kappa shape index (κ1) is 23.5. The third-order valence-electron chi connectivity index (χ3n) is 6.30. The number of ether oxygens (including phenoxy) is 1. The second-order valence-electron chi connectivity index (χ2n) is 9.72. The summed E-state index contributed by atoms with van der Waals surface area (Å²) in [6.45, 7) is 5.92. The van der Waals surface area contributed by atoms with Crippen LogP contribution in [0.25, 0.3) is 27.8 Å². The molecule has 2 aromatic rings. The molecule has 0 saturated heterocycles. The lowest BCUT2D eigenvalue weighted by atomic mass is 9.96. The molecule has 0 amide bonds. The highest BCUT2D eigenvalue weighted by Gasteiger charge is 2.34. The fourth-order valence-electron chi connectivity index (χ4n) is 4.49. The molecule has 0 aromatic heterocycles. The van der Waals surface area contributed by atoms with E-state index in [0.717, 1.165) is 36.9 Å². The van der Waals surface area contributed by atoms with Gasteiger partial charge in [0.25, 0.3) is 6.47 Å². The molecule has 3 aliphatic rings. The Hall–Kier alpha value is -2.64. The third kappa shape index (κ3) is 4.70. The van der Waals surface area contributed by atoms with Crippen LogP contribution >= 0.6 is 0 Å². The van der Waals surface area contributed by atoms with Crippen LogP contribution in [0.3, 0.4) is 0 Å². The predicted molar refractivity (Wildman–Crippen MR) is 131 cm³/mol. The topological polar surface area (TPSA) is 68.6 Å². The molecule has 1 fully saturated rings. The van der Waals surface area contributed by atoms with Gasteiger partial charge >= 0.3 is 0 Å². The van der Waals surface area contributed by atoms with Crippen molar-refractivity contribution in [2.75, 3.05) is 7.05 Å². The fraction of sp³-hybridized carbons (Fsp3) is 0.423. The number of rotatable bonds is 5. The minimum atomic E-state index is -3.46. The van der Waals surface area contributed by atoms with E-state index in [9.17, 15) is 13.2 Å². The lowest BCUT2D eigenvalue weighted by Crippen LogP contribution is -2.38. The summed E-state index contributed by atoms with van der Waals surface area (Å²) < 4.78 is 34.6. The van der Waals surface area contributed by atoms with Crippen molar-refractivity contribution in [1.82, 2.24) is 8.87 Å². The summed E-state index contributed by atoms with van der Waals surface area (Å²) in [6, 6.07) is 15.8. The molecular weight excluding hydrogens is 436 g/mol. The van der Waals surface area contributed by atoms with Crippen molar-refractivity contribution in [1.29, 1.82) is 0 Å². The highest BCUT2D eigenvalue weighted by molar-refractivity contribution is 7.89. The molecular formula is C26H32N2O4S. The van der Waals surface area contributed by atoms with Crippen molar-refractivity contribution in [2.24, 2.45) is 0 Å². The normalized spacial score (nSPS) is 15.8. The maximum Gasteiger partial charge on any atom is 0.293 e. The summed E-state index contributed by atoms with van der Waals surface area (Å²) in [6.07, 6.45) is 5.39. The van der Waals surface area contributed by atoms with E-state index < -0.39 is 10.0 Å². The van der Waals surface area contributed by atoms with Crippen molar-refractivity contribution in [3.8, 4) is 16.9 Å². The van der Waals surface area contributed by atoms with Crippen LogP contribution in [0.4, 0.5) is 0 Å². The van der Waals surface area contributed by atoms with Gasteiger partial charge in [0.05, 0.1) is 21.8 Å². The number of benzene rings is 2. The van der Waals surface area contributed by atoms with Gasteiger partial charge in [-0.05, 0) is 51.8 Å². The SMILES string of the molecule is CC(C)(C)OC=O.CN(C1CCCCC1)S(=O)(=O)c1cccc(-c2c3c4ccccc4n2-3)c1. The smallest absolute Gasteiger partial charge is 0.293 e. The van der Waals surface area contributed by atoms with E-state index in [0.29, 0.717) is 11.4 Å². The average Bonchev–Trinajstić information content (AvgIpc) is 3.46. The molecule has 5 rings (SSSR count). The Bertz CT molecular complexity index is 1230. The minimum absolute atomic E-state index is 0.129. The molecule has 0 atom stereocenters. The monoisotopic (exact) mass is 468 g/mol. The van der Waals surface area contributed by atoms with E-state index in [2.05, 4.69) is 21.4 Å². The number of aromatic nitrogens is 1. The molecule has 6 nitrogen and oxygen atoms in total. The predicted octanol–water partition coefficient (Wildman–Crippen LogP) is 5.52. The number of nitrogens with zero attached hydrogens (tertiary/aromatic N) is 2. The molecule has 2 aromatic carbocycles. The molecule has 1 aliphatic carbocycles. The number of fused-ring (bicyclic) bond motifs is 4. The molecule has 1 saturated carbocycles. The molecule has 0 N–H and O–H groups in total. The molecule has 176 valence electrons. The molecule has 0 bridgehead atoms. The van der Waals surface area contributed by atoms with Gasteiger partial charge in [0.15, 0.2) is 0 Å². The molecule has 2 heterocycles. The van der Waals surface area contributed by atoms with Gasteiger partial charge in [0.1, 0.15) is 5.60 Å². The lowest BCUT2D eigenvalue weighted by Gasteiger charge is -2.30. The van der Waals surface area contributed by atoms with Crippen LogP contribution in [0.15, 0.2) is 53.4 Å². The van der Waals surface area contributed by atoms with Crippen LogP contribution in [-0.2, 0) is 19.6 Å². The van der Waals surface area contributed by atoms with Crippen LogP contribution in [-0.4, -0.2) is 42.5 Å². The number of sulfonamides is 1. The number of hydrogen-bond donors (Lipinski definition) is 0. The summed E-state index contributed by atoms with van der Waals surface area (Å²) in [7, 11) is -1.72. The Labute approximate surface area is 196 Å². The van der Waals surface area contributed by atoms with Gasteiger partial charge in [-0.1, -0.05) is 49.6 Å².